The van der Waals surface area contributed by atoms with E-state index in [-0.39, 0.29) is 0 Å². The van der Waals surface area contributed by atoms with Crippen molar-refractivity contribution in [3.63, 3.8) is 0 Å². The number of ether oxygens (including phenoxy) is 3. The Morgan fingerprint density at radius 3 is 2.19 bits per heavy atom. The van der Waals surface area contributed by atoms with Gasteiger partial charge in [-0.05, 0) is 28.5 Å². The second-order valence-electron chi connectivity index (χ2n) is 4.90. The van der Waals surface area contributed by atoms with Crippen molar-refractivity contribution >= 4 is 11.3 Å². The highest BCUT2D eigenvalue weighted by atomic mass is 16.5. The van der Waals surface area contributed by atoms with Gasteiger partial charge in [0.1, 0.15) is 11.5 Å². The second-order valence-corrected chi connectivity index (χ2v) is 4.90. The van der Waals surface area contributed by atoms with Gasteiger partial charge in [-0.15, -0.1) is 0 Å². The van der Waals surface area contributed by atoms with Crippen molar-refractivity contribution in [1.29, 1.82) is 0 Å². The van der Waals surface area contributed by atoms with Crippen molar-refractivity contribution in [3.05, 3.63) is 70.0 Å². The van der Waals surface area contributed by atoms with Gasteiger partial charge in [0.2, 0.25) is 0 Å². The fourth-order valence-electron chi connectivity index (χ4n) is 2.80. The molecule has 2 aliphatic rings. The molecule has 0 spiro atoms. The maximum atomic E-state index is 5.52. The van der Waals surface area contributed by atoms with Gasteiger partial charge in [-0.1, -0.05) is 30.3 Å². The lowest BCUT2D eigenvalue weighted by molar-refractivity contribution is 0.225. The molecule has 21 heavy (non-hydrogen) atoms. The molecule has 2 aliphatic carbocycles. The summed E-state index contributed by atoms with van der Waals surface area (Å²) in [6.45, 7) is 0. The molecule has 1 aromatic rings. The first-order valence-electron chi connectivity index (χ1n) is 6.86. The average molecular weight is 282 g/mol. The third kappa shape index (κ3) is 2.25. The van der Waals surface area contributed by atoms with Gasteiger partial charge in [0.05, 0.1) is 21.3 Å². The van der Waals surface area contributed by atoms with Crippen LogP contribution in [-0.2, 0) is 14.2 Å². The molecule has 0 amide bonds. The molecule has 0 unspecified atom stereocenters. The Morgan fingerprint density at radius 1 is 0.810 bits per heavy atom. The fourth-order valence-corrected chi connectivity index (χ4v) is 2.80. The summed E-state index contributed by atoms with van der Waals surface area (Å²) in [5.74, 6) is 2.49. The van der Waals surface area contributed by atoms with Gasteiger partial charge >= 0.3 is 0 Å². The molecule has 1 aromatic carbocycles. The molecule has 108 valence electrons. The summed E-state index contributed by atoms with van der Waals surface area (Å²) in [6, 6.07) is 8.27. The molecule has 0 saturated heterocycles. The van der Waals surface area contributed by atoms with Gasteiger partial charge in [0, 0.05) is 11.6 Å². The van der Waals surface area contributed by atoms with Gasteiger partial charge < -0.3 is 14.2 Å². The molecule has 0 heterocycles. The summed E-state index contributed by atoms with van der Waals surface area (Å²) in [5.41, 5.74) is 2.36. The summed E-state index contributed by atoms with van der Waals surface area (Å²) in [5, 5.41) is 2.28. The molecule has 0 aromatic heterocycles. The Kier molecular flexibility index (Phi) is 3.57. The third-order valence-electron chi connectivity index (χ3n) is 3.87. The van der Waals surface area contributed by atoms with Crippen LogP contribution in [0.3, 0.4) is 0 Å². The van der Waals surface area contributed by atoms with E-state index in [4.69, 9.17) is 14.2 Å². The summed E-state index contributed by atoms with van der Waals surface area (Å²) < 4.78 is 16.4. The van der Waals surface area contributed by atoms with Crippen LogP contribution in [0.4, 0.5) is 0 Å². The number of hydrogen-bond donors (Lipinski definition) is 0. The average Bonchev–Trinajstić information content (AvgIpc) is 2.70. The highest BCUT2D eigenvalue weighted by Crippen LogP contribution is 2.31. The van der Waals surface area contributed by atoms with Crippen LogP contribution in [0.25, 0.3) is 11.3 Å². The summed E-state index contributed by atoms with van der Waals surface area (Å²) >= 11 is 0. The lowest BCUT2D eigenvalue weighted by Gasteiger charge is -2.19. The smallest absolute Gasteiger partial charge is 0.157 e. The van der Waals surface area contributed by atoms with Crippen LogP contribution in [0.15, 0.2) is 59.6 Å². The minimum absolute atomic E-state index is 0.712. The number of hydrogen-bond acceptors (Lipinski definition) is 3. The SMILES string of the molecule is COC1=C(OC)CC2=c3ccccc3=C(OC)C=CC2=C1. The van der Waals surface area contributed by atoms with Crippen molar-refractivity contribution in [2.24, 2.45) is 0 Å². The summed E-state index contributed by atoms with van der Waals surface area (Å²) in [6.07, 6.45) is 6.80. The first kappa shape index (κ1) is 13.6. The van der Waals surface area contributed by atoms with Crippen LogP contribution in [0.1, 0.15) is 6.42 Å². The van der Waals surface area contributed by atoms with Crippen LogP contribution in [0.2, 0.25) is 0 Å². The Morgan fingerprint density at radius 2 is 1.52 bits per heavy atom. The molecular weight excluding hydrogens is 264 g/mol. The Balaban J connectivity index is 2.33. The van der Waals surface area contributed by atoms with Gasteiger partial charge in [0.15, 0.2) is 5.76 Å². The van der Waals surface area contributed by atoms with E-state index < -0.39 is 0 Å². The maximum absolute atomic E-state index is 5.52. The van der Waals surface area contributed by atoms with Gasteiger partial charge in [-0.2, -0.15) is 0 Å². The van der Waals surface area contributed by atoms with Crippen LogP contribution >= 0.6 is 0 Å². The normalized spacial score (nSPS) is 16.8. The molecular formula is C18H18O3. The number of methoxy groups -OCH3 is 3. The van der Waals surface area contributed by atoms with E-state index in [0.29, 0.717) is 6.42 Å². The lowest BCUT2D eigenvalue weighted by Crippen LogP contribution is -2.29. The molecule has 3 heteroatoms. The van der Waals surface area contributed by atoms with E-state index in [1.807, 2.05) is 24.3 Å². The Labute approximate surface area is 124 Å². The van der Waals surface area contributed by atoms with E-state index in [1.165, 1.54) is 10.8 Å². The van der Waals surface area contributed by atoms with Crippen molar-refractivity contribution < 1.29 is 14.2 Å². The van der Waals surface area contributed by atoms with Gasteiger partial charge in [-0.3, -0.25) is 0 Å². The zero-order chi connectivity index (χ0) is 14.8. The molecule has 0 bridgehead atoms. The second kappa shape index (κ2) is 5.52. The van der Waals surface area contributed by atoms with Crippen molar-refractivity contribution in [2.75, 3.05) is 21.3 Å². The van der Waals surface area contributed by atoms with E-state index >= 15 is 0 Å². The summed E-state index contributed by atoms with van der Waals surface area (Å²) in [4.78, 5) is 0. The molecule has 3 rings (SSSR count). The number of benzene rings is 1. The van der Waals surface area contributed by atoms with E-state index in [9.17, 15) is 0 Å². The minimum Gasteiger partial charge on any atom is -0.497 e. The maximum Gasteiger partial charge on any atom is 0.157 e. The van der Waals surface area contributed by atoms with Crippen LogP contribution in [0, 0.1) is 0 Å². The quantitative estimate of drug-likeness (QED) is 0.848. The molecule has 3 nitrogen and oxygen atoms in total. The predicted octanol–water partition coefficient (Wildman–Crippen LogP) is 2.00. The first-order chi connectivity index (χ1) is 10.3. The van der Waals surface area contributed by atoms with Crippen LogP contribution < -0.4 is 10.4 Å². The van der Waals surface area contributed by atoms with Crippen molar-refractivity contribution in [3.8, 4) is 0 Å². The monoisotopic (exact) mass is 282 g/mol. The van der Waals surface area contributed by atoms with Crippen LogP contribution in [0.5, 0.6) is 0 Å². The molecule has 0 saturated carbocycles. The van der Waals surface area contributed by atoms with Crippen molar-refractivity contribution in [2.45, 2.75) is 6.42 Å². The van der Waals surface area contributed by atoms with Crippen molar-refractivity contribution in [1.82, 2.24) is 0 Å². The van der Waals surface area contributed by atoms with E-state index in [2.05, 4.69) is 18.2 Å². The highest BCUT2D eigenvalue weighted by molar-refractivity contribution is 5.76. The molecule has 0 fully saturated rings. The zero-order valence-corrected chi connectivity index (χ0v) is 12.5. The lowest BCUT2D eigenvalue weighted by atomic mass is 9.93. The molecule has 0 N–H and O–H groups in total. The van der Waals surface area contributed by atoms with Gasteiger partial charge in [-0.25, -0.2) is 0 Å². The largest absolute Gasteiger partial charge is 0.497 e. The fraction of sp³-hybridized carbons (Fsp3) is 0.222. The summed E-state index contributed by atoms with van der Waals surface area (Å²) in [7, 11) is 5.04. The Bertz CT molecular complexity index is 779. The molecule has 0 atom stereocenters. The van der Waals surface area contributed by atoms with E-state index in [0.717, 1.165) is 28.1 Å². The van der Waals surface area contributed by atoms with E-state index in [1.54, 1.807) is 21.3 Å². The highest BCUT2D eigenvalue weighted by Gasteiger charge is 2.20. The molecule has 0 aliphatic heterocycles. The number of allylic oxidation sites excluding steroid dienone is 4. The topological polar surface area (TPSA) is 27.7 Å². The number of fused-ring (bicyclic) bond motifs is 2. The predicted molar refractivity (Wildman–Crippen MR) is 82.4 cm³/mol. The molecule has 0 radical (unpaired) electrons. The minimum atomic E-state index is 0.712. The van der Waals surface area contributed by atoms with Crippen LogP contribution in [-0.4, -0.2) is 21.3 Å². The third-order valence-corrected chi connectivity index (χ3v) is 3.87. The number of rotatable bonds is 3. The Hall–Kier alpha value is -2.42. The van der Waals surface area contributed by atoms with Gasteiger partial charge in [0.25, 0.3) is 0 Å². The standard InChI is InChI=1S/C18H18O3/c1-19-16-9-8-12-10-17(20-2)18(21-3)11-15(12)13-6-4-5-7-14(13)16/h4-10H,11H2,1-3H3. The first-order valence-corrected chi connectivity index (χ1v) is 6.86. The zero-order valence-electron chi connectivity index (χ0n) is 12.5.